The maximum Gasteiger partial charge on any atom is 0.308 e. The Labute approximate surface area is 451 Å². The molecule has 0 fully saturated rings. The van der Waals surface area contributed by atoms with Gasteiger partial charge < -0.3 is 4.74 Å². The van der Waals surface area contributed by atoms with E-state index in [0.717, 1.165) is 40.0 Å². The van der Waals surface area contributed by atoms with Gasteiger partial charge in [0.15, 0.2) is 0 Å². The van der Waals surface area contributed by atoms with E-state index in [4.69, 9.17) is 4.74 Å². The van der Waals surface area contributed by atoms with Crippen molar-refractivity contribution in [2.24, 2.45) is 37.3 Å². The lowest BCUT2D eigenvalue weighted by Gasteiger charge is -2.22. The van der Waals surface area contributed by atoms with Crippen molar-refractivity contribution in [1.29, 1.82) is 0 Å². The molecule has 10 heteroatoms. The second-order valence-electron chi connectivity index (χ2n) is 25.3. The fourth-order valence-electron chi connectivity index (χ4n) is 5.56. The smallest absolute Gasteiger partial charge is 0.308 e. The minimum Gasteiger partial charge on any atom is -0.427 e. The van der Waals surface area contributed by atoms with Crippen molar-refractivity contribution in [3.8, 4) is 5.75 Å². The largest absolute Gasteiger partial charge is 0.427 e. The molecule has 0 bridgehead atoms. The Morgan fingerprint density at radius 2 is 0.899 bits per heavy atom. The molecule has 0 aliphatic rings. The highest BCUT2D eigenvalue weighted by Gasteiger charge is 2.17. The second-order valence-corrected chi connectivity index (χ2v) is 34.9. The molecule has 396 valence electrons. The van der Waals surface area contributed by atoms with Crippen LogP contribution in [0.5, 0.6) is 5.75 Å². The average molecular weight is 1060 g/mol. The van der Waals surface area contributed by atoms with Crippen LogP contribution in [0.25, 0.3) is 0 Å². The summed E-state index contributed by atoms with van der Waals surface area (Å²) in [6, 6.07) is 25.8. The SMILES string of the molecule is CC(=O)Oc1ccc(CC(C)(C)C)cc1.CC(C)(C)CCSSC(C)(C)C.CC(C)(C)Cc1ccc(N=Nc2ccccc2)cc1.CC(C)SSC(C)CC(C)(C)C.CC(C)SSCCC(C)(C)C. The first-order chi connectivity index (χ1) is 31.3. The van der Waals surface area contributed by atoms with Crippen LogP contribution in [-0.2, 0) is 17.6 Å². The normalized spacial score (nSPS) is 12.7. The van der Waals surface area contributed by atoms with Crippen LogP contribution in [-0.4, -0.2) is 38.0 Å². The highest BCUT2D eigenvalue weighted by Crippen LogP contribution is 2.38. The minimum atomic E-state index is -0.279. The molecule has 3 aromatic carbocycles. The molecule has 0 N–H and O–H groups in total. The van der Waals surface area contributed by atoms with Crippen molar-refractivity contribution in [2.45, 2.75) is 219 Å². The molecule has 0 heterocycles. The Kier molecular flexibility index (Phi) is 35.6. The van der Waals surface area contributed by atoms with E-state index >= 15 is 0 Å². The quantitative estimate of drug-likeness (QED) is 0.0462. The van der Waals surface area contributed by atoms with E-state index < -0.39 is 0 Å². The lowest BCUT2D eigenvalue weighted by Crippen LogP contribution is -2.11. The molecular formula is C59H102N2O2S6. The van der Waals surface area contributed by atoms with Gasteiger partial charge in [-0.3, -0.25) is 4.79 Å². The fraction of sp³-hybridized carbons (Fsp3) is 0.678. The third kappa shape index (κ3) is 53.0. The number of nitrogens with zero attached hydrogens (tertiary/aromatic N) is 2. The number of benzene rings is 3. The van der Waals surface area contributed by atoms with Crippen LogP contribution < -0.4 is 4.74 Å². The molecule has 0 aliphatic carbocycles. The van der Waals surface area contributed by atoms with Gasteiger partial charge in [-0.15, -0.1) is 0 Å². The number of rotatable bonds is 16. The molecule has 0 saturated heterocycles. The van der Waals surface area contributed by atoms with Crippen molar-refractivity contribution in [2.75, 3.05) is 11.5 Å². The van der Waals surface area contributed by atoms with Crippen LogP contribution in [0.4, 0.5) is 11.4 Å². The van der Waals surface area contributed by atoms with Crippen LogP contribution in [0, 0.1) is 27.1 Å². The Morgan fingerprint density at radius 3 is 1.26 bits per heavy atom. The summed E-state index contributed by atoms with van der Waals surface area (Å²) in [4.78, 5) is 10.7. The van der Waals surface area contributed by atoms with Crippen molar-refractivity contribution >= 4 is 82.1 Å². The summed E-state index contributed by atoms with van der Waals surface area (Å²) in [6.07, 6.45) is 6.02. The maximum atomic E-state index is 10.7. The number of hydrogen-bond donors (Lipinski definition) is 0. The molecule has 0 radical (unpaired) electrons. The summed E-state index contributed by atoms with van der Waals surface area (Å²) in [5.41, 5.74) is 6.43. The third-order valence-corrected chi connectivity index (χ3v) is 18.1. The van der Waals surface area contributed by atoms with Gasteiger partial charge in [-0.2, -0.15) is 10.2 Å². The summed E-state index contributed by atoms with van der Waals surface area (Å²) in [5.74, 6) is 2.89. The first-order valence-electron chi connectivity index (χ1n) is 25.1. The predicted molar refractivity (Wildman–Crippen MR) is 328 cm³/mol. The van der Waals surface area contributed by atoms with Crippen LogP contribution >= 0.6 is 64.8 Å². The molecule has 3 aromatic rings. The fourth-order valence-corrected chi connectivity index (χ4v) is 13.1. The standard InChI is InChI=1S/C17H20N2.C13H18O2.2C10H22S2.C9H20S2/c1-17(2,3)13-14-9-11-16(12-10-14)19-18-15-7-5-4-6-8-15;1-10(14)15-12-7-5-11(6-8-12)9-13(2,3)4;1-9(2,3)7-8-11-12-10(4,5)6;1-8(2)11-12-9(3)7-10(4,5)6;1-8(2)11-10-7-6-9(3,4)5/h4-12H,13H2,1-3H3;5-8H,9H2,1-4H3;7-8H2,1-6H3;8-9H,7H2,1-6H3;8H,6-7H2,1-5H3. The number of carbonyl (C=O) groups is 1. The molecule has 1 atom stereocenters. The molecule has 0 aliphatic heterocycles. The summed E-state index contributed by atoms with van der Waals surface area (Å²) in [5, 5.41) is 10.7. The molecule has 0 amide bonds. The number of hydrogen-bond acceptors (Lipinski definition) is 10. The number of esters is 1. The summed E-state index contributed by atoms with van der Waals surface area (Å²) in [6.45, 7) is 53.6. The predicted octanol–water partition coefficient (Wildman–Crippen LogP) is 22.3. The second kappa shape index (κ2) is 35.1. The summed E-state index contributed by atoms with van der Waals surface area (Å²) in [7, 11) is 12.0. The molecular weight excluding hydrogens is 961 g/mol. The number of azo groups is 1. The van der Waals surface area contributed by atoms with E-state index in [9.17, 15) is 4.79 Å². The molecule has 0 spiro atoms. The van der Waals surface area contributed by atoms with E-state index in [1.165, 1.54) is 48.8 Å². The Hall–Kier alpha value is -1.17. The molecule has 3 rings (SSSR count). The van der Waals surface area contributed by atoms with E-state index in [1.54, 1.807) is 0 Å². The van der Waals surface area contributed by atoms with Gasteiger partial charge in [0.1, 0.15) is 5.75 Å². The molecule has 4 nitrogen and oxygen atoms in total. The molecule has 0 aromatic heterocycles. The van der Waals surface area contributed by atoms with Gasteiger partial charge in [-0.25, -0.2) is 0 Å². The van der Waals surface area contributed by atoms with Gasteiger partial charge in [-0.1, -0.05) is 266 Å². The van der Waals surface area contributed by atoms with Crippen LogP contribution in [0.3, 0.4) is 0 Å². The van der Waals surface area contributed by atoms with Crippen LogP contribution in [0.15, 0.2) is 89.1 Å². The topological polar surface area (TPSA) is 51.0 Å². The van der Waals surface area contributed by atoms with E-state index in [-0.39, 0.29) is 11.4 Å². The van der Waals surface area contributed by atoms with Gasteiger partial charge in [0.05, 0.1) is 11.4 Å². The molecule has 0 saturated carbocycles. The van der Waals surface area contributed by atoms with Crippen molar-refractivity contribution in [3.63, 3.8) is 0 Å². The zero-order chi connectivity index (χ0) is 53.7. The third-order valence-electron chi connectivity index (χ3n) is 8.38. The van der Waals surface area contributed by atoms with Crippen LogP contribution in [0.2, 0.25) is 0 Å². The van der Waals surface area contributed by atoms with E-state index in [0.29, 0.717) is 32.2 Å². The first kappa shape index (κ1) is 69.9. The zero-order valence-electron chi connectivity index (χ0n) is 48.3. The lowest BCUT2D eigenvalue weighted by atomic mass is 9.88. The summed E-state index contributed by atoms with van der Waals surface area (Å²) < 4.78 is 5.37. The maximum absolute atomic E-state index is 10.7. The Bertz CT molecular complexity index is 1740. The molecule has 1 unspecified atom stereocenters. The minimum absolute atomic E-state index is 0.279. The first-order valence-corrected chi connectivity index (χ1v) is 32.0. The van der Waals surface area contributed by atoms with Gasteiger partial charge in [-0.05, 0) is 107 Å². The van der Waals surface area contributed by atoms with Gasteiger partial charge in [0.25, 0.3) is 0 Å². The monoisotopic (exact) mass is 1060 g/mol. The Balaban J connectivity index is 0. The highest BCUT2D eigenvalue weighted by atomic mass is 33.1. The van der Waals surface area contributed by atoms with Gasteiger partial charge in [0, 0.05) is 38.9 Å². The van der Waals surface area contributed by atoms with E-state index in [2.05, 4.69) is 182 Å². The highest BCUT2D eigenvalue weighted by molar-refractivity contribution is 8.77. The number of ether oxygens (including phenoxy) is 1. The zero-order valence-corrected chi connectivity index (χ0v) is 53.2. The van der Waals surface area contributed by atoms with Crippen molar-refractivity contribution < 1.29 is 9.53 Å². The van der Waals surface area contributed by atoms with Crippen molar-refractivity contribution in [3.05, 3.63) is 90.0 Å². The van der Waals surface area contributed by atoms with E-state index in [1.807, 2.05) is 131 Å². The number of carbonyl (C=O) groups excluding carboxylic acids is 1. The summed E-state index contributed by atoms with van der Waals surface area (Å²) >= 11 is 0. The Morgan fingerprint density at radius 1 is 0.493 bits per heavy atom. The van der Waals surface area contributed by atoms with Gasteiger partial charge in [0.2, 0.25) is 0 Å². The molecule has 69 heavy (non-hydrogen) atoms. The average Bonchev–Trinajstić information content (AvgIpc) is 3.16. The van der Waals surface area contributed by atoms with Gasteiger partial charge >= 0.3 is 5.97 Å². The van der Waals surface area contributed by atoms with Crippen LogP contribution in [0.1, 0.15) is 197 Å². The lowest BCUT2D eigenvalue weighted by molar-refractivity contribution is -0.131. The van der Waals surface area contributed by atoms with Crippen molar-refractivity contribution in [1.82, 2.24) is 0 Å².